The molecular weight excluding hydrogens is 468 g/mol. The maximum absolute atomic E-state index is 11.7. The first kappa shape index (κ1) is 24.3. The van der Waals surface area contributed by atoms with Crippen LogP contribution in [0.3, 0.4) is 0 Å². The monoisotopic (exact) mass is 496 g/mol. The predicted molar refractivity (Wildman–Crippen MR) is 145 cm³/mol. The number of nitrogens with one attached hydrogen (secondary N) is 2. The Hall–Kier alpha value is -4.41. The standard InChI is InChI=1S/C27H28N8O2/c1-2-25(37)32-23-16-19(8-9-28-23)22-5-3-4-20-17-30-27(33-26(20)22)31-21-6-7-24(29-18-21)35-12-10-34(11-13-35)14-15-36/h2-9,16-18,36H,1,10-15H2,(H,28,32,37)(H,30,31,33). The summed E-state index contributed by atoms with van der Waals surface area (Å²) in [6.07, 6.45) is 6.42. The molecule has 188 valence electrons. The van der Waals surface area contributed by atoms with E-state index >= 15 is 0 Å². The van der Waals surface area contributed by atoms with Gasteiger partial charge in [-0.15, -0.1) is 0 Å². The minimum absolute atomic E-state index is 0.189. The molecule has 0 atom stereocenters. The van der Waals surface area contributed by atoms with Gasteiger partial charge in [0.05, 0.1) is 24.0 Å². The van der Waals surface area contributed by atoms with Crippen LogP contribution in [0.2, 0.25) is 0 Å². The molecule has 4 heterocycles. The van der Waals surface area contributed by atoms with Gasteiger partial charge in [0.1, 0.15) is 11.6 Å². The van der Waals surface area contributed by atoms with E-state index in [-0.39, 0.29) is 12.5 Å². The Morgan fingerprint density at radius 2 is 1.92 bits per heavy atom. The van der Waals surface area contributed by atoms with Crippen LogP contribution in [0, 0.1) is 0 Å². The number of aliphatic hydroxyl groups is 1. The Balaban J connectivity index is 1.34. The summed E-state index contributed by atoms with van der Waals surface area (Å²) in [4.78, 5) is 34.3. The lowest BCUT2D eigenvalue weighted by atomic mass is 10.0. The van der Waals surface area contributed by atoms with Crippen LogP contribution in [0.5, 0.6) is 0 Å². The van der Waals surface area contributed by atoms with Gasteiger partial charge in [-0.3, -0.25) is 9.69 Å². The van der Waals surface area contributed by atoms with E-state index in [1.54, 1.807) is 24.7 Å². The van der Waals surface area contributed by atoms with Crippen LogP contribution in [0.15, 0.2) is 73.7 Å². The Morgan fingerprint density at radius 3 is 2.68 bits per heavy atom. The van der Waals surface area contributed by atoms with Gasteiger partial charge in [-0.2, -0.15) is 0 Å². The summed E-state index contributed by atoms with van der Waals surface area (Å²) in [5.41, 5.74) is 3.33. The maximum Gasteiger partial charge on any atom is 0.248 e. The number of amides is 1. The third kappa shape index (κ3) is 5.71. The number of nitrogens with zero attached hydrogens (tertiary/aromatic N) is 6. The number of pyridine rings is 2. The van der Waals surface area contributed by atoms with Crippen LogP contribution in [0.1, 0.15) is 0 Å². The highest BCUT2D eigenvalue weighted by molar-refractivity contribution is 5.99. The lowest BCUT2D eigenvalue weighted by molar-refractivity contribution is -0.111. The minimum atomic E-state index is -0.319. The number of β-amino-alcohol motifs (C(OH)–C–C–N with tert-alkyl or cyclic N) is 1. The fourth-order valence-corrected chi connectivity index (χ4v) is 4.31. The number of rotatable bonds is 8. The van der Waals surface area contributed by atoms with E-state index in [9.17, 15) is 4.79 Å². The molecular formula is C27H28N8O2. The topological polar surface area (TPSA) is 119 Å². The van der Waals surface area contributed by atoms with E-state index in [1.165, 1.54) is 6.08 Å². The van der Waals surface area contributed by atoms with Crippen molar-refractivity contribution in [1.29, 1.82) is 0 Å². The largest absolute Gasteiger partial charge is 0.395 e. The third-order valence-corrected chi connectivity index (χ3v) is 6.23. The molecule has 1 amide bonds. The van der Waals surface area contributed by atoms with E-state index in [0.29, 0.717) is 18.3 Å². The summed E-state index contributed by atoms with van der Waals surface area (Å²) in [7, 11) is 0. The molecule has 37 heavy (non-hydrogen) atoms. The number of anilines is 4. The van der Waals surface area contributed by atoms with Gasteiger partial charge < -0.3 is 20.6 Å². The molecule has 10 nitrogen and oxygen atoms in total. The van der Waals surface area contributed by atoms with Gasteiger partial charge in [-0.1, -0.05) is 24.8 Å². The number of benzene rings is 1. The quantitative estimate of drug-likeness (QED) is 0.316. The van der Waals surface area contributed by atoms with Crippen molar-refractivity contribution in [2.45, 2.75) is 0 Å². The molecule has 0 bridgehead atoms. The number of hydrogen-bond donors (Lipinski definition) is 3. The van der Waals surface area contributed by atoms with Crippen LogP contribution >= 0.6 is 0 Å². The summed E-state index contributed by atoms with van der Waals surface area (Å²) >= 11 is 0. The smallest absolute Gasteiger partial charge is 0.248 e. The van der Waals surface area contributed by atoms with Crippen molar-refractivity contribution in [3.8, 4) is 11.1 Å². The van der Waals surface area contributed by atoms with Gasteiger partial charge in [-0.05, 0) is 35.9 Å². The minimum Gasteiger partial charge on any atom is -0.395 e. The number of aromatic nitrogens is 4. The summed E-state index contributed by atoms with van der Waals surface area (Å²) < 4.78 is 0. The summed E-state index contributed by atoms with van der Waals surface area (Å²) in [5.74, 6) is 1.50. The van der Waals surface area contributed by atoms with Crippen LogP contribution in [0.4, 0.5) is 23.3 Å². The van der Waals surface area contributed by atoms with Gasteiger partial charge in [0, 0.05) is 56.1 Å². The van der Waals surface area contributed by atoms with E-state index < -0.39 is 0 Å². The van der Waals surface area contributed by atoms with E-state index in [1.807, 2.05) is 36.4 Å². The third-order valence-electron chi connectivity index (χ3n) is 6.23. The van der Waals surface area contributed by atoms with Gasteiger partial charge >= 0.3 is 0 Å². The first-order chi connectivity index (χ1) is 18.1. The molecule has 1 aromatic carbocycles. The van der Waals surface area contributed by atoms with Gasteiger partial charge in [0.2, 0.25) is 11.9 Å². The highest BCUT2D eigenvalue weighted by atomic mass is 16.3. The fraction of sp³-hybridized carbons (Fsp3) is 0.222. The first-order valence-corrected chi connectivity index (χ1v) is 12.1. The van der Waals surface area contributed by atoms with E-state index in [4.69, 9.17) is 10.1 Å². The lowest BCUT2D eigenvalue weighted by Crippen LogP contribution is -2.47. The summed E-state index contributed by atoms with van der Waals surface area (Å²) in [6.45, 7) is 7.97. The molecule has 10 heteroatoms. The maximum atomic E-state index is 11.7. The molecule has 0 spiro atoms. The SMILES string of the molecule is C=CC(=O)Nc1cc(-c2cccc3cnc(Nc4ccc(N5CCN(CCO)CC5)nc4)nc23)ccn1. The second-order valence-electron chi connectivity index (χ2n) is 8.64. The zero-order valence-electron chi connectivity index (χ0n) is 20.3. The van der Waals surface area contributed by atoms with Gasteiger partial charge in [0.15, 0.2) is 0 Å². The molecule has 1 aliphatic rings. The molecule has 5 rings (SSSR count). The molecule has 1 saturated heterocycles. The van der Waals surface area contributed by atoms with Crippen molar-refractivity contribution < 1.29 is 9.90 Å². The molecule has 0 unspecified atom stereocenters. The molecule has 1 fully saturated rings. The lowest BCUT2D eigenvalue weighted by Gasteiger charge is -2.35. The van der Waals surface area contributed by atoms with E-state index in [2.05, 4.69) is 42.0 Å². The Bertz CT molecular complexity index is 1400. The second-order valence-corrected chi connectivity index (χ2v) is 8.64. The van der Waals surface area contributed by atoms with Crippen molar-refractivity contribution in [2.75, 3.05) is 54.9 Å². The fourth-order valence-electron chi connectivity index (χ4n) is 4.31. The molecule has 1 aliphatic heterocycles. The predicted octanol–water partition coefficient (Wildman–Crippen LogP) is 3.07. The number of piperazine rings is 1. The number of fused-ring (bicyclic) bond motifs is 1. The van der Waals surface area contributed by atoms with Crippen LogP contribution in [-0.4, -0.2) is 75.2 Å². The molecule has 3 aromatic heterocycles. The summed E-state index contributed by atoms with van der Waals surface area (Å²) in [5, 5.41) is 16.0. The van der Waals surface area contributed by atoms with Gasteiger partial charge in [0.25, 0.3) is 0 Å². The van der Waals surface area contributed by atoms with Crippen LogP contribution in [0.25, 0.3) is 22.0 Å². The molecule has 4 aromatic rings. The molecule has 0 radical (unpaired) electrons. The second kappa shape index (κ2) is 11.1. The van der Waals surface area contributed by atoms with E-state index in [0.717, 1.165) is 59.7 Å². The van der Waals surface area contributed by atoms with Gasteiger partial charge in [-0.25, -0.2) is 19.9 Å². The zero-order chi connectivity index (χ0) is 25.6. The molecule has 3 N–H and O–H groups in total. The number of hydrogen-bond acceptors (Lipinski definition) is 9. The Labute approximate surface area is 214 Å². The number of carbonyl (C=O) groups is 1. The molecule has 0 saturated carbocycles. The first-order valence-electron chi connectivity index (χ1n) is 12.1. The number of carbonyl (C=O) groups excluding carboxylic acids is 1. The normalized spacial score (nSPS) is 13.9. The van der Waals surface area contributed by atoms with Crippen LogP contribution < -0.4 is 15.5 Å². The summed E-state index contributed by atoms with van der Waals surface area (Å²) in [6, 6.07) is 13.5. The molecule has 0 aliphatic carbocycles. The average molecular weight is 497 g/mol. The van der Waals surface area contributed by atoms with Crippen molar-refractivity contribution >= 4 is 40.1 Å². The van der Waals surface area contributed by atoms with Crippen molar-refractivity contribution in [1.82, 2.24) is 24.8 Å². The highest BCUT2D eigenvalue weighted by Gasteiger charge is 2.17. The highest BCUT2D eigenvalue weighted by Crippen LogP contribution is 2.29. The Morgan fingerprint density at radius 1 is 1.05 bits per heavy atom. The zero-order valence-corrected chi connectivity index (χ0v) is 20.3. The average Bonchev–Trinajstić information content (AvgIpc) is 2.94. The number of para-hydroxylation sites is 1. The van der Waals surface area contributed by atoms with Crippen molar-refractivity contribution in [2.24, 2.45) is 0 Å². The van der Waals surface area contributed by atoms with Crippen molar-refractivity contribution in [3.63, 3.8) is 0 Å². The number of aliphatic hydroxyl groups excluding tert-OH is 1. The van der Waals surface area contributed by atoms with Crippen LogP contribution in [-0.2, 0) is 4.79 Å². The Kier molecular flexibility index (Phi) is 7.29. The van der Waals surface area contributed by atoms with Crippen molar-refractivity contribution in [3.05, 3.63) is 73.7 Å².